The summed E-state index contributed by atoms with van der Waals surface area (Å²) in [5.41, 5.74) is 5.88. The van der Waals surface area contributed by atoms with Crippen LogP contribution in [0.1, 0.15) is 19.4 Å². The van der Waals surface area contributed by atoms with E-state index in [-0.39, 0.29) is 10.9 Å². The molecule has 0 aromatic carbocycles. The van der Waals surface area contributed by atoms with E-state index in [2.05, 4.69) is 15.9 Å². The monoisotopic (exact) mass is 334 g/mol. The molecule has 2 N–H and O–H groups in total. The number of thiophene rings is 1. The van der Waals surface area contributed by atoms with Crippen LogP contribution in [0.5, 0.6) is 0 Å². The third kappa shape index (κ3) is 3.50. The van der Waals surface area contributed by atoms with Crippen molar-refractivity contribution in [2.45, 2.75) is 20.4 Å². The molecule has 0 spiro atoms. The van der Waals surface area contributed by atoms with Gasteiger partial charge in [0.1, 0.15) is 0 Å². The topological polar surface area (TPSA) is 46.3 Å². The number of hydrogen-bond donors (Lipinski definition) is 1. The highest BCUT2D eigenvalue weighted by atomic mass is 79.9. The number of thiocarbonyl (C=S) groups is 1. The molecule has 0 fully saturated rings. The van der Waals surface area contributed by atoms with Gasteiger partial charge in [-0.05, 0) is 46.8 Å². The van der Waals surface area contributed by atoms with E-state index < -0.39 is 5.41 Å². The van der Waals surface area contributed by atoms with Crippen LogP contribution in [0.2, 0.25) is 0 Å². The van der Waals surface area contributed by atoms with Gasteiger partial charge >= 0.3 is 0 Å². The molecule has 0 aliphatic heterocycles. The van der Waals surface area contributed by atoms with Crippen molar-refractivity contribution < 1.29 is 4.79 Å². The molecule has 0 radical (unpaired) electrons. The normalized spacial score (nSPS) is 11.3. The van der Waals surface area contributed by atoms with Gasteiger partial charge in [0.05, 0.1) is 14.2 Å². The molecule has 6 heteroatoms. The largest absolute Gasteiger partial charge is 0.392 e. The maximum Gasteiger partial charge on any atom is 0.235 e. The summed E-state index contributed by atoms with van der Waals surface area (Å²) < 4.78 is 1.06. The molecule has 0 saturated heterocycles. The van der Waals surface area contributed by atoms with Crippen molar-refractivity contribution in [2.24, 2.45) is 11.1 Å². The fourth-order valence-corrected chi connectivity index (χ4v) is 2.64. The minimum atomic E-state index is -0.794. The van der Waals surface area contributed by atoms with Gasteiger partial charge in [-0.1, -0.05) is 12.2 Å². The second kappa shape index (κ2) is 5.46. The number of carbonyl (C=O) groups excluding carboxylic acids is 1. The Morgan fingerprint density at radius 3 is 2.65 bits per heavy atom. The van der Waals surface area contributed by atoms with E-state index >= 15 is 0 Å². The summed E-state index contributed by atoms with van der Waals surface area (Å²) in [6, 6.07) is 2.00. The summed E-state index contributed by atoms with van der Waals surface area (Å²) in [6.45, 7) is 4.06. The van der Waals surface area contributed by atoms with Crippen LogP contribution in [0.25, 0.3) is 0 Å². The average molecular weight is 335 g/mol. The van der Waals surface area contributed by atoms with Crippen molar-refractivity contribution in [3.63, 3.8) is 0 Å². The Hall–Kier alpha value is -0.460. The summed E-state index contributed by atoms with van der Waals surface area (Å²) in [5, 5.41) is 2.02. The standard InChI is InChI=1S/C11H15BrN2OS2/c1-11(2,9(13)16)10(15)14(3)5-7-4-8(12)17-6-7/h4,6H,5H2,1-3H3,(H2,13,16). The van der Waals surface area contributed by atoms with Gasteiger partial charge in [-0.15, -0.1) is 11.3 Å². The lowest BCUT2D eigenvalue weighted by atomic mass is 9.91. The number of amides is 1. The number of nitrogens with two attached hydrogens (primary N) is 1. The lowest BCUT2D eigenvalue weighted by molar-refractivity contribution is -0.136. The molecule has 0 aliphatic rings. The Balaban J connectivity index is 2.74. The fraction of sp³-hybridized carbons (Fsp3) is 0.455. The van der Waals surface area contributed by atoms with Gasteiger partial charge in [-0.2, -0.15) is 0 Å². The molecular formula is C11H15BrN2OS2. The predicted octanol–water partition coefficient (Wildman–Crippen LogP) is 2.78. The van der Waals surface area contributed by atoms with Crippen LogP contribution < -0.4 is 5.73 Å². The minimum Gasteiger partial charge on any atom is -0.392 e. The number of nitrogens with zero attached hydrogens (tertiary/aromatic N) is 1. The molecule has 0 bridgehead atoms. The van der Waals surface area contributed by atoms with E-state index in [1.54, 1.807) is 37.1 Å². The first-order chi connectivity index (χ1) is 7.75. The van der Waals surface area contributed by atoms with Gasteiger partial charge in [0.25, 0.3) is 0 Å². The van der Waals surface area contributed by atoms with Crippen LogP contribution in [-0.2, 0) is 11.3 Å². The highest BCUT2D eigenvalue weighted by molar-refractivity contribution is 9.11. The summed E-state index contributed by atoms with van der Waals surface area (Å²) in [7, 11) is 1.76. The summed E-state index contributed by atoms with van der Waals surface area (Å²) in [4.78, 5) is 14.0. The van der Waals surface area contributed by atoms with E-state index in [1.807, 2.05) is 11.4 Å². The molecule has 1 heterocycles. The molecule has 3 nitrogen and oxygen atoms in total. The van der Waals surface area contributed by atoms with Gasteiger partial charge in [0.2, 0.25) is 5.91 Å². The molecule has 1 aromatic heterocycles. The molecule has 94 valence electrons. The average Bonchev–Trinajstić information content (AvgIpc) is 2.62. The third-order valence-corrected chi connectivity index (χ3v) is 4.60. The zero-order chi connectivity index (χ0) is 13.2. The Morgan fingerprint density at radius 2 is 2.24 bits per heavy atom. The van der Waals surface area contributed by atoms with Crippen molar-refractivity contribution in [2.75, 3.05) is 7.05 Å². The molecule has 0 unspecified atom stereocenters. The first kappa shape index (κ1) is 14.6. The first-order valence-electron chi connectivity index (χ1n) is 5.03. The third-order valence-electron chi connectivity index (χ3n) is 2.54. The highest BCUT2D eigenvalue weighted by Crippen LogP contribution is 2.24. The second-order valence-corrected chi connectivity index (χ2v) is 7.14. The van der Waals surface area contributed by atoms with Gasteiger partial charge in [-0.3, -0.25) is 4.79 Å². The molecule has 1 rings (SSSR count). The Morgan fingerprint density at radius 1 is 1.65 bits per heavy atom. The zero-order valence-electron chi connectivity index (χ0n) is 9.99. The van der Waals surface area contributed by atoms with Gasteiger partial charge in [-0.25, -0.2) is 0 Å². The van der Waals surface area contributed by atoms with E-state index in [0.29, 0.717) is 6.54 Å². The Bertz CT molecular complexity index is 442. The van der Waals surface area contributed by atoms with Crippen LogP contribution in [0, 0.1) is 5.41 Å². The van der Waals surface area contributed by atoms with Crippen LogP contribution >= 0.6 is 39.5 Å². The summed E-state index contributed by atoms with van der Waals surface area (Å²) >= 11 is 9.92. The molecule has 0 aliphatic carbocycles. The lowest BCUT2D eigenvalue weighted by Gasteiger charge is -2.28. The van der Waals surface area contributed by atoms with Crippen molar-refractivity contribution in [1.29, 1.82) is 0 Å². The van der Waals surface area contributed by atoms with Gasteiger partial charge in [0, 0.05) is 13.6 Å². The summed E-state index contributed by atoms with van der Waals surface area (Å²) in [6.07, 6.45) is 0. The van der Waals surface area contributed by atoms with E-state index in [9.17, 15) is 4.79 Å². The maximum atomic E-state index is 12.2. The van der Waals surface area contributed by atoms with Crippen molar-refractivity contribution in [3.05, 3.63) is 20.8 Å². The van der Waals surface area contributed by atoms with Crippen LogP contribution in [0.4, 0.5) is 0 Å². The Labute approximate surface area is 119 Å². The first-order valence-corrected chi connectivity index (χ1v) is 7.11. The number of halogens is 1. The number of rotatable bonds is 4. The lowest BCUT2D eigenvalue weighted by Crippen LogP contribution is -2.45. The quantitative estimate of drug-likeness (QED) is 0.861. The molecule has 0 saturated carbocycles. The molecule has 1 aromatic rings. The highest BCUT2D eigenvalue weighted by Gasteiger charge is 2.33. The van der Waals surface area contributed by atoms with E-state index in [0.717, 1.165) is 9.35 Å². The summed E-state index contributed by atoms with van der Waals surface area (Å²) in [5.74, 6) is -0.0627. The van der Waals surface area contributed by atoms with Crippen LogP contribution in [0.3, 0.4) is 0 Å². The van der Waals surface area contributed by atoms with E-state index in [4.69, 9.17) is 18.0 Å². The van der Waals surface area contributed by atoms with Crippen molar-refractivity contribution >= 4 is 50.4 Å². The molecule has 0 atom stereocenters. The molecule has 17 heavy (non-hydrogen) atoms. The van der Waals surface area contributed by atoms with Crippen LogP contribution in [-0.4, -0.2) is 22.8 Å². The van der Waals surface area contributed by atoms with E-state index in [1.165, 1.54) is 0 Å². The fourth-order valence-electron chi connectivity index (χ4n) is 1.36. The second-order valence-electron chi connectivity index (χ2n) is 4.41. The SMILES string of the molecule is CN(Cc1csc(Br)c1)C(=O)C(C)(C)C(N)=S. The number of carbonyl (C=O) groups is 1. The Kier molecular flexibility index (Phi) is 4.69. The number of hydrogen-bond acceptors (Lipinski definition) is 3. The van der Waals surface area contributed by atoms with Gasteiger partial charge < -0.3 is 10.6 Å². The predicted molar refractivity (Wildman–Crippen MR) is 79.1 cm³/mol. The minimum absolute atomic E-state index is 0.0627. The molecular weight excluding hydrogens is 320 g/mol. The zero-order valence-corrected chi connectivity index (χ0v) is 13.2. The maximum absolute atomic E-state index is 12.2. The van der Waals surface area contributed by atoms with Crippen LogP contribution in [0.15, 0.2) is 15.2 Å². The smallest absolute Gasteiger partial charge is 0.235 e. The van der Waals surface area contributed by atoms with Crippen molar-refractivity contribution in [1.82, 2.24) is 4.90 Å². The van der Waals surface area contributed by atoms with Crippen molar-refractivity contribution in [3.8, 4) is 0 Å². The van der Waals surface area contributed by atoms with Gasteiger partial charge in [0.15, 0.2) is 0 Å². The molecule has 1 amide bonds.